The highest BCUT2D eigenvalue weighted by molar-refractivity contribution is 8.76. The number of hydrogen-bond acceptors (Lipinski definition) is 10. The number of aliphatic hydroxyl groups is 1. The summed E-state index contributed by atoms with van der Waals surface area (Å²) in [5, 5.41) is 14.5. The van der Waals surface area contributed by atoms with Crippen LogP contribution in [0.5, 0.6) is 0 Å². The second-order valence-electron chi connectivity index (χ2n) is 19.2. The Morgan fingerprint density at radius 1 is 1.14 bits per heavy atom. The largest absolute Gasteiger partial charge is 0.462 e. The summed E-state index contributed by atoms with van der Waals surface area (Å²) in [6.07, 6.45) is 13.4. The van der Waals surface area contributed by atoms with E-state index >= 15 is 0 Å². The molecule has 8 rings (SSSR count). The van der Waals surface area contributed by atoms with Crippen LogP contribution in [0.2, 0.25) is 0 Å². The van der Waals surface area contributed by atoms with Crippen LogP contribution in [-0.4, -0.2) is 108 Å². The number of allylic oxidation sites excluding steroid dienone is 1. The Labute approximate surface area is 341 Å². The van der Waals surface area contributed by atoms with Gasteiger partial charge < -0.3 is 34.9 Å². The van der Waals surface area contributed by atoms with Crippen molar-refractivity contribution in [2.75, 3.05) is 44.8 Å². The Morgan fingerprint density at radius 3 is 2.70 bits per heavy atom. The van der Waals surface area contributed by atoms with Crippen LogP contribution in [0.3, 0.4) is 0 Å². The predicted octanol–water partition coefficient (Wildman–Crippen LogP) is 2.92. The zero-order valence-electron chi connectivity index (χ0n) is 34.1. The number of carbonyl (C=O) groups excluding carboxylic acids is 3. The van der Waals surface area contributed by atoms with Gasteiger partial charge in [-0.05, 0) is 82.5 Å². The maximum atomic E-state index is 14.3. The lowest BCUT2D eigenvalue weighted by Crippen LogP contribution is -2.96. The average molecular weight is 817 g/mol. The molecule has 5 aliphatic heterocycles. The quantitative estimate of drug-likeness (QED) is 0.130. The molecule has 13 atom stereocenters. The van der Waals surface area contributed by atoms with E-state index in [4.69, 9.17) is 19.9 Å². The first-order chi connectivity index (χ1) is 26.9. The van der Waals surface area contributed by atoms with Gasteiger partial charge in [-0.3, -0.25) is 15.3 Å². The molecular formula is C43H68N4O7S2+2. The Balaban J connectivity index is 1.15. The van der Waals surface area contributed by atoms with Gasteiger partial charge in [0.2, 0.25) is 5.91 Å². The number of amides is 1. The number of esters is 2. The number of piperidine rings is 1. The number of nitrogens with two attached hydrogens (primary N) is 3. The number of rotatable bonds is 7. The van der Waals surface area contributed by atoms with Crippen LogP contribution in [0.25, 0.3) is 0 Å². The molecule has 56 heavy (non-hydrogen) atoms. The molecule has 0 aromatic rings. The van der Waals surface area contributed by atoms with E-state index in [1.165, 1.54) is 5.57 Å². The molecule has 0 radical (unpaired) electrons. The molecule has 0 aromatic carbocycles. The van der Waals surface area contributed by atoms with E-state index in [9.17, 15) is 19.5 Å². The Kier molecular flexibility index (Phi) is 12.1. The number of carbonyl (C=O) groups is 3. The smallest absolute Gasteiger partial charge is 0.334 e. The first-order valence-corrected chi connectivity index (χ1v) is 24.4. The lowest BCUT2D eigenvalue weighted by Gasteiger charge is -2.56. The minimum absolute atomic E-state index is 0.0706. The zero-order chi connectivity index (χ0) is 39.4. The number of nitrogens with zero attached hydrogens (tertiary/aromatic N) is 1. The molecule has 7 N–H and O–H groups in total. The average Bonchev–Trinajstić information content (AvgIpc) is 3.79. The highest BCUT2D eigenvalue weighted by Crippen LogP contribution is 2.63. The third-order valence-electron chi connectivity index (χ3n) is 16.2. The fraction of sp³-hybridized carbons (Fsp3) is 0.837. The monoisotopic (exact) mass is 816 g/mol. The second kappa shape index (κ2) is 16.4. The van der Waals surface area contributed by atoms with E-state index in [2.05, 4.69) is 35.6 Å². The molecule has 7 fully saturated rings. The molecule has 5 saturated heterocycles. The molecule has 1 amide bonds. The fourth-order valence-electron chi connectivity index (χ4n) is 13.1. The molecule has 5 heterocycles. The van der Waals surface area contributed by atoms with Crippen LogP contribution in [0.4, 0.5) is 0 Å². The molecule has 1 spiro atoms. The molecule has 0 bridgehead atoms. The summed E-state index contributed by atoms with van der Waals surface area (Å²) in [6, 6.07) is 0.273. The van der Waals surface area contributed by atoms with Crippen molar-refractivity contribution in [3.8, 4) is 0 Å². The number of fused-ring (bicyclic) bond motifs is 7. The molecule has 0 aromatic heterocycles. The third kappa shape index (κ3) is 7.22. The van der Waals surface area contributed by atoms with Gasteiger partial charge in [0.15, 0.2) is 0 Å². The van der Waals surface area contributed by atoms with Gasteiger partial charge in [-0.25, -0.2) is 4.79 Å². The molecule has 2 saturated carbocycles. The van der Waals surface area contributed by atoms with Crippen molar-refractivity contribution in [1.29, 1.82) is 0 Å². The molecule has 312 valence electrons. The molecule has 8 aliphatic rings. The topological polar surface area (TPSA) is 162 Å². The lowest BCUT2D eigenvalue weighted by atomic mass is 9.56. The molecular weight excluding hydrogens is 749 g/mol. The predicted molar refractivity (Wildman–Crippen MR) is 217 cm³/mol. The first-order valence-electron chi connectivity index (χ1n) is 21.9. The number of quaternary nitrogens is 2. The van der Waals surface area contributed by atoms with E-state index in [0.717, 1.165) is 82.5 Å². The van der Waals surface area contributed by atoms with Gasteiger partial charge in [-0.1, -0.05) is 52.2 Å². The van der Waals surface area contributed by atoms with E-state index in [1.807, 2.05) is 41.5 Å². The van der Waals surface area contributed by atoms with E-state index in [1.54, 1.807) is 0 Å². The molecule has 3 aliphatic carbocycles. The molecule has 13 unspecified atom stereocenters. The summed E-state index contributed by atoms with van der Waals surface area (Å²) < 4.78 is 20.8. The highest BCUT2D eigenvalue weighted by Gasteiger charge is 2.68. The first kappa shape index (κ1) is 41.1. The highest BCUT2D eigenvalue weighted by atomic mass is 33.1. The van der Waals surface area contributed by atoms with Gasteiger partial charge in [0.25, 0.3) is 0 Å². The number of hydrogen-bond donors (Lipinski definition) is 4. The van der Waals surface area contributed by atoms with Crippen LogP contribution in [0.1, 0.15) is 97.8 Å². The van der Waals surface area contributed by atoms with Gasteiger partial charge in [0.05, 0.1) is 38.2 Å². The van der Waals surface area contributed by atoms with E-state index in [-0.39, 0.29) is 89.8 Å². The van der Waals surface area contributed by atoms with Crippen molar-refractivity contribution in [3.63, 3.8) is 0 Å². The van der Waals surface area contributed by atoms with E-state index in [0.29, 0.717) is 37.2 Å². The van der Waals surface area contributed by atoms with Crippen LogP contribution in [0.15, 0.2) is 23.3 Å². The van der Waals surface area contributed by atoms with Crippen LogP contribution < -0.4 is 16.4 Å². The maximum Gasteiger partial charge on any atom is 0.334 e. The maximum absolute atomic E-state index is 14.3. The Bertz CT molecular complexity index is 1570. The van der Waals surface area contributed by atoms with Crippen LogP contribution in [0, 0.1) is 46.8 Å². The summed E-state index contributed by atoms with van der Waals surface area (Å²) in [6.45, 7) is 8.54. The van der Waals surface area contributed by atoms with E-state index < -0.39 is 11.2 Å². The lowest BCUT2D eigenvalue weighted by molar-refractivity contribution is -0.706. The van der Waals surface area contributed by atoms with Gasteiger partial charge in [0, 0.05) is 73.7 Å². The summed E-state index contributed by atoms with van der Waals surface area (Å²) in [7, 11) is 5.89. The second-order valence-corrected chi connectivity index (χ2v) is 21.7. The minimum Gasteiger partial charge on any atom is -0.462 e. The standard InChI is InChI=1S/C43H66N4O7S2/c1-5-25(2)39(50)54-41(3)11-8-26-23-55-56-24-33-30(20-45-4)22-47(33)37(49)16-29-21-46-36(44)17-31(29)38(26)43(41)19-28-14-27-15-32(42(12-13-48)9-6-7-10-42)40(51)52-34(27)18-35(28)53-43/h5,8,27-36,38,45-46,48H,6-7,9-24,44H2,1-4H3/p+2. The van der Waals surface area contributed by atoms with Crippen molar-refractivity contribution in [1.82, 2.24) is 4.90 Å². The Hall–Kier alpha value is -1.61. The normalized spacial score (nSPS) is 43.8. The van der Waals surface area contributed by atoms with Crippen molar-refractivity contribution >= 4 is 39.4 Å². The van der Waals surface area contributed by atoms with Crippen LogP contribution in [-0.2, 0) is 28.6 Å². The third-order valence-corrected chi connectivity index (χ3v) is 18.6. The van der Waals surface area contributed by atoms with Crippen molar-refractivity contribution in [3.05, 3.63) is 23.3 Å². The number of aliphatic hydroxyl groups excluding tert-OH is 1. The van der Waals surface area contributed by atoms with Gasteiger partial charge in [-0.2, -0.15) is 0 Å². The summed E-state index contributed by atoms with van der Waals surface area (Å²) in [5.74, 6) is 2.49. The van der Waals surface area contributed by atoms with Crippen molar-refractivity contribution in [2.24, 2.45) is 52.6 Å². The summed E-state index contributed by atoms with van der Waals surface area (Å²) in [4.78, 5) is 44.1. The van der Waals surface area contributed by atoms with Crippen LogP contribution >= 0.6 is 21.6 Å². The molecule has 13 heteroatoms. The zero-order valence-corrected chi connectivity index (χ0v) is 35.8. The molecule has 11 nitrogen and oxygen atoms in total. The van der Waals surface area contributed by atoms with Gasteiger partial charge in [-0.15, -0.1) is 0 Å². The van der Waals surface area contributed by atoms with Gasteiger partial charge >= 0.3 is 11.9 Å². The SMILES string of the molecule is CC=C(C)C(=O)OC1(C)CC=C2CSSCC3C(C[NH2+]C)CN3C(=O)CC3C[NH2+]C(N)CC3C2C12CC1CC3CC(C4(CCO)CCCC4)C(=O)OC3CC1O2. The Morgan fingerprint density at radius 2 is 1.95 bits per heavy atom. The fourth-order valence-corrected chi connectivity index (χ4v) is 15.6. The minimum atomic E-state index is -0.958. The van der Waals surface area contributed by atoms with Gasteiger partial charge in [0.1, 0.15) is 23.5 Å². The number of ether oxygens (including phenoxy) is 3. The van der Waals surface area contributed by atoms with Crippen molar-refractivity contribution < 1.29 is 44.3 Å². The summed E-state index contributed by atoms with van der Waals surface area (Å²) >= 11 is 0. The summed E-state index contributed by atoms with van der Waals surface area (Å²) in [5.41, 5.74) is 6.80. The van der Waals surface area contributed by atoms with Crippen molar-refractivity contribution in [2.45, 2.75) is 133 Å².